The number of nitrogens with zero attached hydrogens (tertiary/aromatic N) is 5. The van der Waals surface area contributed by atoms with E-state index in [9.17, 15) is 4.79 Å². The first-order chi connectivity index (χ1) is 14.6. The molecule has 1 saturated heterocycles. The average Bonchev–Trinajstić information content (AvgIpc) is 3.10. The average molecular weight is 428 g/mol. The number of aromatic nitrogens is 4. The number of imidazole rings is 1. The van der Waals surface area contributed by atoms with Crippen molar-refractivity contribution in [3.8, 4) is 0 Å². The lowest BCUT2D eigenvalue weighted by atomic mass is 10.1. The number of benzene rings is 1. The van der Waals surface area contributed by atoms with Crippen LogP contribution in [0.4, 0.5) is 11.9 Å². The van der Waals surface area contributed by atoms with E-state index in [1.54, 1.807) is 23.4 Å². The number of anilines is 2. The molecule has 3 aromatic rings. The quantitative estimate of drug-likeness (QED) is 0.556. The number of thioether (sulfide) groups is 1. The van der Waals surface area contributed by atoms with E-state index in [1.807, 2.05) is 22.8 Å². The molecule has 0 radical (unpaired) electrons. The van der Waals surface area contributed by atoms with Crippen molar-refractivity contribution in [2.75, 3.05) is 41.9 Å². The molecule has 1 unspecified atom stereocenters. The monoisotopic (exact) mass is 427 g/mol. The van der Waals surface area contributed by atoms with Gasteiger partial charge in [-0.3, -0.25) is 13.9 Å². The molecule has 1 fully saturated rings. The van der Waals surface area contributed by atoms with Crippen LogP contribution in [-0.2, 0) is 13.6 Å². The number of piperidine rings is 1. The van der Waals surface area contributed by atoms with Crippen LogP contribution in [0.5, 0.6) is 0 Å². The molecule has 1 aliphatic heterocycles. The van der Waals surface area contributed by atoms with E-state index < -0.39 is 0 Å². The second kappa shape index (κ2) is 9.09. The number of fused-ring (bicyclic) bond motifs is 1. The van der Waals surface area contributed by atoms with Crippen molar-refractivity contribution >= 4 is 34.8 Å². The van der Waals surface area contributed by atoms with E-state index in [-0.39, 0.29) is 11.6 Å². The smallest absolute Gasteiger partial charge is 0.281 e. The SMILES string of the molecule is CSCCNc1nc2nc(N3CCCC(N)C3)n(Cc3ccccc3)c2c(=O)n1C. The van der Waals surface area contributed by atoms with Crippen molar-refractivity contribution in [1.29, 1.82) is 0 Å². The molecule has 30 heavy (non-hydrogen) atoms. The summed E-state index contributed by atoms with van der Waals surface area (Å²) in [6, 6.07) is 10.3. The van der Waals surface area contributed by atoms with Crippen molar-refractivity contribution in [2.24, 2.45) is 12.8 Å². The largest absolute Gasteiger partial charge is 0.355 e. The number of nitrogens with two attached hydrogens (primary N) is 1. The van der Waals surface area contributed by atoms with Gasteiger partial charge < -0.3 is 16.0 Å². The molecule has 8 nitrogen and oxygen atoms in total. The molecule has 1 aromatic carbocycles. The zero-order valence-electron chi connectivity index (χ0n) is 17.5. The van der Waals surface area contributed by atoms with E-state index in [0.717, 1.165) is 49.7 Å². The lowest BCUT2D eigenvalue weighted by Gasteiger charge is -2.31. The van der Waals surface area contributed by atoms with Gasteiger partial charge in [-0.05, 0) is 24.7 Å². The van der Waals surface area contributed by atoms with Crippen molar-refractivity contribution in [3.05, 3.63) is 46.2 Å². The summed E-state index contributed by atoms with van der Waals surface area (Å²) >= 11 is 1.75. The number of hydrogen-bond donors (Lipinski definition) is 2. The Kier molecular flexibility index (Phi) is 6.29. The lowest BCUT2D eigenvalue weighted by Crippen LogP contribution is -2.44. The summed E-state index contributed by atoms with van der Waals surface area (Å²) < 4.78 is 3.58. The predicted octanol–water partition coefficient (Wildman–Crippen LogP) is 1.88. The van der Waals surface area contributed by atoms with E-state index >= 15 is 0 Å². The highest BCUT2D eigenvalue weighted by Crippen LogP contribution is 2.24. The van der Waals surface area contributed by atoms with Gasteiger partial charge in [-0.1, -0.05) is 30.3 Å². The van der Waals surface area contributed by atoms with Crippen molar-refractivity contribution < 1.29 is 0 Å². The van der Waals surface area contributed by atoms with Crippen LogP contribution < -0.4 is 21.5 Å². The molecule has 1 atom stereocenters. The van der Waals surface area contributed by atoms with Crippen LogP contribution in [0.25, 0.3) is 11.2 Å². The Morgan fingerprint density at radius 3 is 2.80 bits per heavy atom. The Morgan fingerprint density at radius 1 is 1.27 bits per heavy atom. The van der Waals surface area contributed by atoms with E-state index in [0.29, 0.717) is 23.7 Å². The molecular formula is C21H29N7OS. The summed E-state index contributed by atoms with van der Waals surface area (Å²) in [5.74, 6) is 2.26. The van der Waals surface area contributed by atoms with Gasteiger partial charge in [0.05, 0.1) is 6.54 Å². The van der Waals surface area contributed by atoms with E-state index in [4.69, 9.17) is 15.7 Å². The standard InChI is InChI=1S/C21H29N7OS/c1-26-19(29)17-18(24-20(26)23-10-12-30-2)25-21(27-11-6-9-16(22)14-27)28(17)13-15-7-4-3-5-8-15/h3-5,7-8,16H,6,9-14,22H2,1-2H3,(H,23,24). The third kappa shape index (κ3) is 4.17. The first-order valence-electron chi connectivity index (χ1n) is 10.3. The maximum absolute atomic E-state index is 13.3. The Bertz CT molecular complexity index is 1060. The molecule has 1 aliphatic rings. The second-order valence-corrected chi connectivity index (χ2v) is 8.71. The Balaban J connectivity index is 1.82. The molecule has 0 spiro atoms. The van der Waals surface area contributed by atoms with Gasteiger partial charge in [0, 0.05) is 38.5 Å². The molecular weight excluding hydrogens is 398 g/mol. The van der Waals surface area contributed by atoms with Crippen LogP contribution >= 0.6 is 11.8 Å². The van der Waals surface area contributed by atoms with Gasteiger partial charge in [0.1, 0.15) is 0 Å². The van der Waals surface area contributed by atoms with Crippen molar-refractivity contribution in [1.82, 2.24) is 19.1 Å². The highest BCUT2D eigenvalue weighted by atomic mass is 32.2. The summed E-state index contributed by atoms with van der Waals surface area (Å²) in [5.41, 5.74) is 8.27. The van der Waals surface area contributed by atoms with Gasteiger partial charge in [-0.25, -0.2) is 0 Å². The van der Waals surface area contributed by atoms with Gasteiger partial charge in [0.2, 0.25) is 11.9 Å². The molecule has 3 heterocycles. The van der Waals surface area contributed by atoms with Crippen LogP contribution in [-0.4, -0.2) is 56.8 Å². The topological polar surface area (TPSA) is 94.0 Å². The van der Waals surface area contributed by atoms with Crippen molar-refractivity contribution in [2.45, 2.75) is 25.4 Å². The molecule has 0 amide bonds. The fraction of sp³-hybridized carbons (Fsp3) is 0.476. The third-order valence-electron chi connectivity index (χ3n) is 5.48. The first-order valence-corrected chi connectivity index (χ1v) is 11.7. The zero-order valence-corrected chi connectivity index (χ0v) is 18.4. The highest BCUT2D eigenvalue weighted by molar-refractivity contribution is 7.98. The minimum absolute atomic E-state index is 0.0948. The minimum Gasteiger partial charge on any atom is -0.355 e. The first kappa shape index (κ1) is 20.7. The van der Waals surface area contributed by atoms with Crippen LogP contribution in [0.1, 0.15) is 18.4 Å². The fourth-order valence-corrected chi connectivity index (χ4v) is 4.23. The van der Waals surface area contributed by atoms with Gasteiger partial charge in [0.15, 0.2) is 11.2 Å². The van der Waals surface area contributed by atoms with Crippen molar-refractivity contribution in [3.63, 3.8) is 0 Å². The molecule has 3 N–H and O–H groups in total. The maximum Gasteiger partial charge on any atom is 0.281 e. The second-order valence-electron chi connectivity index (χ2n) is 7.72. The minimum atomic E-state index is -0.0948. The Morgan fingerprint density at radius 2 is 2.07 bits per heavy atom. The predicted molar refractivity (Wildman–Crippen MR) is 125 cm³/mol. The molecule has 9 heteroatoms. The normalized spacial score (nSPS) is 16.9. The maximum atomic E-state index is 13.3. The zero-order chi connectivity index (χ0) is 21.1. The highest BCUT2D eigenvalue weighted by Gasteiger charge is 2.25. The summed E-state index contributed by atoms with van der Waals surface area (Å²) in [4.78, 5) is 25.0. The van der Waals surface area contributed by atoms with Gasteiger partial charge in [-0.2, -0.15) is 21.7 Å². The Labute approximate surface area is 180 Å². The molecule has 160 valence electrons. The number of rotatable bonds is 7. The lowest BCUT2D eigenvalue weighted by molar-refractivity contribution is 0.495. The third-order valence-corrected chi connectivity index (χ3v) is 6.09. The summed E-state index contributed by atoms with van der Waals surface area (Å²) in [7, 11) is 1.76. The summed E-state index contributed by atoms with van der Waals surface area (Å²) in [6.07, 6.45) is 4.08. The molecule has 0 aliphatic carbocycles. The van der Waals surface area contributed by atoms with Crippen LogP contribution in [0.15, 0.2) is 35.1 Å². The van der Waals surface area contributed by atoms with Crippen LogP contribution in [0.2, 0.25) is 0 Å². The van der Waals surface area contributed by atoms with Gasteiger partial charge in [0.25, 0.3) is 5.56 Å². The fourth-order valence-electron chi connectivity index (χ4n) is 3.92. The summed E-state index contributed by atoms with van der Waals surface area (Å²) in [6.45, 7) is 2.92. The number of hydrogen-bond acceptors (Lipinski definition) is 7. The van der Waals surface area contributed by atoms with E-state index in [2.05, 4.69) is 28.6 Å². The Hall–Kier alpha value is -2.52. The summed E-state index contributed by atoms with van der Waals surface area (Å²) in [5, 5.41) is 3.26. The molecule has 2 aromatic heterocycles. The molecule has 0 saturated carbocycles. The van der Waals surface area contributed by atoms with Crippen LogP contribution in [0, 0.1) is 0 Å². The van der Waals surface area contributed by atoms with E-state index in [1.165, 1.54) is 0 Å². The number of nitrogens with one attached hydrogen (secondary N) is 1. The molecule has 0 bridgehead atoms. The molecule has 4 rings (SSSR count). The van der Waals surface area contributed by atoms with Gasteiger partial charge >= 0.3 is 0 Å². The van der Waals surface area contributed by atoms with Crippen LogP contribution in [0.3, 0.4) is 0 Å². The van der Waals surface area contributed by atoms with Gasteiger partial charge in [-0.15, -0.1) is 0 Å².